The first kappa shape index (κ1) is 17.8. The average Bonchev–Trinajstić information content (AvgIpc) is 2.51. The minimum absolute atomic E-state index is 0.0952. The number of fused-ring (bicyclic) bond motifs is 1. The van der Waals surface area contributed by atoms with Crippen molar-refractivity contribution in [1.29, 1.82) is 0 Å². The second kappa shape index (κ2) is 6.37. The fourth-order valence-electron chi connectivity index (χ4n) is 2.81. The lowest BCUT2D eigenvalue weighted by atomic mass is 9.86. The molecular formula is C20H20BrFN2O. The van der Waals surface area contributed by atoms with Crippen LogP contribution in [-0.4, -0.2) is 9.78 Å². The van der Waals surface area contributed by atoms with E-state index in [-0.39, 0.29) is 10.8 Å². The highest BCUT2D eigenvalue weighted by molar-refractivity contribution is 9.10. The molecule has 3 nitrogen and oxygen atoms in total. The summed E-state index contributed by atoms with van der Waals surface area (Å²) in [5.74, 6) is -0.490. The Kier molecular flexibility index (Phi) is 4.54. The van der Waals surface area contributed by atoms with E-state index in [1.807, 2.05) is 52.0 Å². The van der Waals surface area contributed by atoms with Crippen molar-refractivity contribution in [2.75, 3.05) is 0 Å². The van der Waals surface area contributed by atoms with Crippen molar-refractivity contribution in [3.05, 3.63) is 73.9 Å². The quantitative estimate of drug-likeness (QED) is 0.607. The molecule has 0 radical (unpaired) electrons. The van der Waals surface area contributed by atoms with E-state index in [9.17, 15) is 9.18 Å². The van der Waals surface area contributed by atoms with Gasteiger partial charge in [0.2, 0.25) is 0 Å². The van der Waals surface area contributed by atoms with Crippen molar-refractivity contribution < 1.29 is 4.39 Å². The maximum atomic E-state index is 14.6. The van der Waals surface area contributed by atoms with Gasteiger partial charge in [0.25, 0.3) is 5.56 Å². The number of rotatable bonds is 2. The van der Waals surface area contributed by atoms with Crippen LogP contribution in [0.2, 0.25) is 0 Å². The fourth-order valence-corrected chi connectivity index (χ4v) is 3.29. The lowest BCUT2D eigenvalue weighted by Gasteiger charge is -2.20. The van der Waals surface area contributed by atoms with Crippen LogP contribution >= 0.6 is 15.9 Å². The van der Waals surface area contributed by atoms with Crippen molar-refractivity contribution in [2.24, 2.45) is 0 Å². The fraction of sp³-hybridized carbons (Fsp3) is 0.300. The molecule has 3 aromatic rings. The number of hydrogen-bond donors (Lipinski definition) is 0. The van der Waals surface area contributed by atoms with Gasteiger partial charge in [-0.15, -0.1) is 0 Å². The Bertz CT molecular complexity index is 1020. The van der Waals surface area contributed by atoms with Crippen molar-refractivity contribution in [2.45, 2.75) is 39.7 Å². The van der Waals surface area contributed by atoms with Crippen LogP contribution in [0.1, 0.15) is 37.5 Å². The monoisotopic (exact) mass is 402 g/mol. The van der Waals surface area contributed by atoms with Gasteiger partial charge in [-0.3, -0.25) is 4.79 Å². The molecule has 0 N–H and O–H groups in total. The molecule has 0 aliphatic carbocycles. The molecule has 1 heterocycles. The number of benzene rings is 2. The molecule has 0 saturated heterocycles. The van der Waals surface area contributed by atoms with Crippen LogP contribution < -0.4 is 5.56 Å². The summed E-state index contributed by atoms with van der Waals surface area (Å²) < 4.78 is 16.9. The predicted octanol–water partition coefficient (Wildman–Crippen LogP) is 4.95. The summed E-state index contributed by atoms with van der Waals surface area (Å²) in [4.78, 5) is 12.7. The molecule has 0 spiro atoms. The zero-order chi connectivity index (χ0) is 18.4. The summed E-state index contributed by atoms with van der Waals surface area (Å²) in [6, 6.07) is 9.15. The van der Waals surface area contributed by atoms with Gasteiger partial charge in [0, 0.05) is 9.86 Å². The van der Waals surface area contributed by atoms with Crippen LogP contribution in [0.5, 0.6) is 0 Å². The third kappa shape index (κ3) is 3.52. The Labute approximate surface area is 154 Å². The standard InChI is InChI=1S/C20H20BrFN2O/c1-12-7-16(21)6-5-13(12)11-24-19(25)18-14(10-23-24)8-15(9-17(18)22)20(2,3)4/h5-10H,11H2,1-4H3. The van der Waals surface area contributed by atoms with Crippen LogP contribution in [-0.2, 0) is 12.0 Å². The highest BCUT2D eigenvalue weighted by atomic mass is 79.9. The van der Waals surface area contributed by atoms with Crippen LogP contribution in [0.3, 0.4) is 0 Å². The Balaban J connectivity index is 2.11. The molecule has 0 bridgehead atoms. The summed E-state index contributed by atoms with van der Waals surface area (Å²) in [5, 5.41) is 4.89. The van der Waals surface area contributed by atoms with Crippen molar-refractivity contribution in [1.82, 2.24) is 9.78 Å². The molecule has 1 aromatic heterocycles. The van der Waals surface area contributed by atoms with Crippen LogP contribution in [0, 0.1) is 12.7 Å². The van der Waals surface area contributed by atoms with Gasteiger partial charge in [-0.25, -0.2) is 9.07 Å². The van der Waals surface area contributed by atoms with Gasteiger partial charge in [-0.05, 0) is 53.3 Å². The van der Waals surface area contributed by atoms with E-state index >= 15 is 0 Å². The van der Waals surface area contributed by atoms with E-state index in [1.54, 1.807) is 6.20 Å². The smallest absolute Gasteiger partial charge is 0.267 e. The third-order valence-corrected chi connectivity index (χ3v) is 4.89. The van der Waals surface area contributed by atoms with E-state index < -0.39 is 11.4 Å². The zero-order valence-corrected chi connectivity index (χ0v) is 16.3. The SMILES string of the molecule is Cc1cc(Br)ccc1Cn1ncc2cc(C(C)(C)C)cc(F)c2c1=O. The van der Waals surface area contributed by atoms with Gasteiger partial charge < -0.3 is 0 Å². The first-order chi connectivity index (χ1) is 11.7. The summed E-state index contributed by atoms with van der Waals surface area (Å²) in [5.41, 5.74) is 2.27. The zero-order valence-electron chi connectivity index (χ0n) is 14.7. The Morgan fingerprint density at radius 2 is 1.92 bits per heavy atom. The molecule has 25 heavy (non-hydrogen) atoms. The van der Waals surface area contributed by atoms with Crippen LogP contribution in [0.4, 0.5) is 4.39 Å². The molecule has 0 aliphatic heterocycles. The molecule has 5 heteroatoms. The van der Waals surface area contributed by atoms with E-state index in [1.165, 1.54) is 10.7 Å². The summed E-state index contributed by atoms with van der Waals surface area (Å²) in [7, 11) is 0. The van der Waals surface area contributed by atoms with Crippen LogP contribution in [0.15, 0.2) is 45.8 Å². The summed E-state index contributed by atoms with van der Waals surface area (Å²) in [6.07, 6.45) is 1.57. The first-order valence-corrected chi connectivity index (χ1v) is 8.91. The van der Waals surface area contributed by atoms with Gasteiger partial charge in [0.15, 0.2) is 0 Å². The number of halogens is 2. The predicted molar refractivity (Wildman–Crippen MR) is 103 cm³/mol. The van der Waals surface area contributed by atoms with Crippen molar-refractivity contribution >= 4 is 26.7 Å². The van der Waals surface area contributed by atoms with Gasteiger partial charge in [-0.1, -0.05) is 42.8 Å². The molecular weight excluding hydrogens is 383 g/mol. The summed E-state index contributed by atoms with van der Waals surface area (Å²) in [6.45, 7) is 8.33. The number of aryl methyl sites for hydroxylation is 1. The molecule has 0 fully saturated rings. The maximum Gasteiger partial charge on any atom is 0.277 e. The second-order valence-corrected chi connectivity index (χ2v) is 8.27. The van der Waals surface area contributed by atoms with E-state index in [4.69, 9.17) is 0 Å². The second-order valence-electron chi connectivity index (χ2n) is 7.35. The maximum absolute atomic E-state index is 14.6. The van der Waals surface area contributed by atoms with Gasteiger partial charge in [0.1, 0.15) is 5.82 Å². The van der Waals surface area contributed by atoms with Gasteiger partial charge in [-0.2, -0.15) is 5.10 Å². The summed E-state index contributed by atoms with van der Waals surface area (Å²) >= 11 is 3.43. The van der Waals surface area contributed by atoms with Crippen LogP contribution in [0.25, 0.3) is 10.8 Å². The van der Waals surface area contributed by atoms with Crippen molar-refractivity contribution in [3.8, 4) is 0 Å². The van der Waals surface area contributed by atoms with E-state index in [0.29, 0.717) is 11.9 Å². The minimum atomic E-state index is -0.490. The largest absolute Gasteiger partial charge is 0.277 e. The van der Waals surface area contributed by atoms with Crippen molar-refractivity contribution in [3.63, 3.8) is 0 Å². The van der Waals surface area contributed by atoms with Gasteiger partial charge in [0.05, 0.1) is 18.1 Å². The molecule has 0 aliphatic rings. The van der Waals surface area contributed by atoms with Gasteiger partial charge >= 0.3 is 0 Å². The Morgan fingerprint density at radius 3 is 2.56 bits per heavy atom. The average molecular weight is 403 g/mol. The molecule has 0 saturated carbocycles. The van der Waals surface area contributed by atoms with E-state index in [0.717, 1.165) is 21.2 Å². The Hall–Kier alpha value is -2.01. The number of aromatic nitrogens is 2. The molecule has 0 atom stereocenters. The number of nitrogens with zero attached hydrogens (tertiary/aromatic N) is 2. The normalized spacial score (nSPS) is 11.9. The molecule has 3 rings (SSSR count). The third-order valence-electron chi connectivity index (χ3n) is 4.40. The molecule has 2 aromatic carbocycles. The van der Waals surface area contributed by atoms with E-state index in [2.05, 4.69) is 21.0 Å². The first-order valence-electron chi connectivity index (χ1n) is 8.12. The Morgan fingerprint density at radius 1 is 1.20 bits per heavy atom. The lowest BCUT2D eigenvalue weighted by molar-refractivity contribution is 0.574. The lowest BCUT2D eigenvalue weighted by Crippen LogP contribution is -2.25. The molecule has 0 amide bonds. The topological polar surface area (TPSA) is 34.9 Å². The molecule has 0 unspecified atom stereocenters. The highest BCUT2D eigenvalue weighted by Gasteiger charge is 2.18. The minimum Gasteiger partial charge on any atom is -0.267 e. The molecule has 130 valence electrons. The highest BCUT2D eigenvalue weighted by Crippen LogP contribution is 2.26. The number of hydrogen-bond acceptors (Lipinski definition) is 2.